The molecule has 0 fully saturated rings. The second kappa shape index (κ2) is 3.09. The number of rotatable bonds is 0. The van der Waals surface area contributed by atoms with Crippen LogP contribution < -0.4 is 0 Å². The fraction of sp³-hybridized carbons (Fsp3) is 0. The average Bonchev–Trinajstić information content (AvgIpc) is 2.06. The summed E-state index contributed by atoms with van der Waals surface area (Å²) in [5, 5.41) is 7.55. The summed E-state index contributed by atoms with van der Waals surface area (Å²) in [5.41, 5.74) is 1.91. The van der Waals surface area contributed by atoms with Gasteiger partial charge >= 0.3 is 0 Å². The van der Waals surface area contributed by atoms with Crippen molar-refractivity contribution in [2.24, 2.45) is 15.2 Å². The predicted molar refractivity (Wildman–Crippen MR) is 50.7 cm³/mol. The third kappa shape index (κ3) is 1.29. The van der Waals surface area contributed by atoms with Crippen LogP contribution >= 0.6 is 0 Å². The van der Waals surface area contributed by atoms with Crippen molar-refractivity contribution >= 4 is 24.3 Å². The summed E-state index contributed by atoms with van der Waals surface area (Å²) in [6.45, 7) is 0. The Morgan fingerprint density at radius 1 is 0.917 bits per heavy atom. The standard InChI is InChI=1S/C9H7N3/c1-2-4-9-8(3-1)7-12-11-6-5-10-9/h1-7H. The van der Waals surface area contributed by atoms with E-state index in [9.17, 15) is 0 Å². The Morgan fingerprint density at radius 2 is 1.83 bits per heavy atom. The lowest BCUT2D eigenvalue weighted by atomic mass is 10.2. The monoisotopic (exact) mass is 157 g/mol. The van der Waals surface area contributed by atoms with Crippen molar-refractivity contribution in [2.45, 2.75) is 0 Å². The molecule has 1 aliphatic heterocycles. The van der Waals surface area contributed by atoms with Gasteiger partial charge in [-0.1, -0.05) is 18.2 Å². The van der Waals surface area contributed by atoms with Crippen LogP contribution in [0.5, 0.6) is 0 Å². The number of nitrogens with zero attached hydrogens (tertiary/aromatic N) is 3. The summed E-state index contributed by atoms with van der Waals surface area (Å²) in [6.07, 6.45) is 4.89. The first-order valence-corrected chi connectivity index (χ1v) is 3.65. The Bertz CT molecular complexity index is 329. The van der Waals surface area contributed by atoms with E-state index in [-0.39, 0.29) is 0 Å². The highest BCUT2D eigenvalue weighted by Gasteiger charge is 1.95. The summed E-state index contributed by atoms with van der Waals surface area (Å²) in [7, 11) is 0. The maximum atomic E-state index is 4.18. The van der Waals surface area contributed by atoms with Gasteiger partial charge in [0.05, 0.1) is 18.1 Å². The molecule has 12 heavy (non-hydrogen) atoms. The van der Waals surface area contributed by atoms with Gasteiger partial charge in [-0.3, -0.25) is 4.99 Å². The zero-order valence-electron chi connectivity index (χ0n) is 6.38. The van der Waals surface area contributed by atoms with E-state index in [2.05, 4.69) is 15.2 Å². The van der Waals surface area contributed by atoms with Gasteiger partial charge in [0.15, 0.2) is 0 Å². The lowest BCUT2D eigenvalue weighted by molar-refractivity contribution is 1.27. The second-order valence-electron chi connectivity index (χ2n) is 2.35. The van der Waals surface area contributed by atoms with Gasteiger partial charge in [0, 0.05) is 11.8 Å². The molecule has 3 nitrogen and oxygen atoms in total. The topological polar surface area (TPSA) is 37.1 Å². The number of fused-ring (bicyclic) bond motifs is 1. The molecule has 1 aromatic rings. The Morgan fingerprint density at radius 3 is 2.83 bits per heavy atom. The van der Waals surface area contributed by atoms with E-state index < -0.39 is 0 Å². The van der Waals surface area contributed by atoms with Crippen LogP contribution in [0.4, 0.5) is 5.69 Å². The molecule has 58 valence electrons. The SMILES string of the molecule is C1=NN=Cc2ccccc2N=C1. The van der Waals surface area contributed by atoms with E-state index >= 15 is 0 Å². The minimum Gasteiger partial charge on any atom is -0.255 e. The molecule has 0 spiro atoms. The number of para-hydroxylation sites is 1. The molecule has 0 saturated carbocycles. The summed E-state index contributed by atoms with van der Waals surface area (Å²) in [4.78, 5) is 4.18. The van der Waals surface area contributed by atoms with Crippen molar-refractivity contribution in [3.63, 3.8) is 0 Å². The Kier molecular flexibility index (Phi) is 1.78. The number of hydrogen-bond donors (Lipinski definition) is 0. The van der Waals surface area contributed by atoms with Crippen LogP contribution in [0.25, 0.3) is 0 Å². The van der Waals surface area contributed by atoms with Gasteiger partial charge in [-0.2, -0.15) is 10.2 Å². The van der Waals surface area contributed by atoms with Crippen molar-refractivity contribution < 1.29 is 0 Å². The molecular weight excluding hydrogens is 150 g/mol. The van der Waals surface area contributed by atoms with Gasteiger partial charge in [0.25, 0.3) is 0 Å². The van der Waals surface area contributed by atoms with Crippen LogP contribution in [0.2, 0.25) is 0 Å². The fourth-order valence-corrected chi connectivity index (χ4v) is 0.992. The van der Waals surface area contributed by atoms with Crippen LogP contribution in [-0.2, 0) is 0 Å². The molecule has 0 aliphatic carbocycles. The minimum atomic E-state index is 0.924. The van der Waals surface area contributed by atoms with Crippen LogP contribution in [0, 0.1) is 0 Å². The highest BCUT2D eigenvalue weighted by atomic mass is 15.2. The average molecular weight is 157 g/mol. The quantitative estimate of drug-likeness (QED) is 0.550. The molecule has 0 N–H and O–H groups in total. The maximum Gasteiger partial charge on any atom is 0.0718 e. The van der Waals surface area contributed by atoms with Gasteiger partial charge < -0.3 is 0 Å². The molecule has 0 amide bonds. The van der Waals surface area contributed by atoms with Crippen molar-refractivity contribution in [3.05, 3.63) is 29.8 Å². The van der Waals surface area contributed by atoms with Crippen molar-refractivity contribution in [1.82, 2.24) is 0 Å². The van der Waals surface area contributed by atoms with E-state index in [1.54, 1.807) is 18.6 Å². The predicted octanol–water partition coefficient (Wildman–Crippen LogP) is 1.81. The first kappa shape index (κ1) is 6.91. The Balaban J connectivity index is 2.54. The molecule has 0 saturated heterocycles. The first-order chi connectivity index (χ1) is 5.97. The normalized spacial score (nSPS) is 13.7. The molecule has 0 unspecified atom stereocenters. The van der Waals surface area contributed by atoms with Crippen LogP contribution in [0.3, 0.4) is 0 Å². The summed E-state index contributed by atoms with van der Waals surface area (Å²) in [5.74, 6) is 0. The smallest absolute Gasteiger partial charge is 0.0718 e. The molecule has 1 aromatic carbocycles. The maximum absolute atomic E-state index is 4.18. The van der Waals surface area contributed by atoms with E-state index in [0.29, 0.717) is 0 Å². The highest BCUT2D eigenvalue weighted by molar-refractivity contribution is 6.17. The molecule has 0 aromatic heterocycles. The lowest BCUT2D eigenvalue weighted by Gasteiger charge is -1.98. The van der Waals surface area contributed by atoms with Gasteiger partial charge in [-0.15, -0.1) is 0 Å². The third-order valence-electron chi connectivity index (χ3n) is 1.55. The van der Waals surface area contributed by atoms with E-state index in [1.807, 2.05) is 24.3 Å². The molecule has 3 heteroatoms. The second-order valence-corrected chi connectivity index (χ2v) is 2.35. The number of aliphatic imine (C=N–C) groups is 1. The van der Waals surface area contributed by atoms with E-state index in [1.165, 1.54) is 0 Å². The zero-order chi connectivity index (χ0) is 8.23. The minimum absolute atomic E-state index is 0.924. The van der Waals surface area contributed by atoms with Gasteiger partial charge in [0.1, 0.15) is 0 Å². The van der Waals surface area contributed by atoms with Crippen molar-refractivity contribution in [1.29, 1.82) is 0 Å². The van der Waals surface area contributed by atoms with Gasteiger partial charge in [-0.25, -0.2) is 0 Å². The Labute approximate surface area is 70.2 Å². The van der Waals surface area contributed by atoms with Crippen molar-refractivity contribution in [2.75, 3.05) is 0 Å². The first-order valence-electron chi connectivity index (χ1n) is 3.65. The third-order valence-corrected chi connectivity index (χ3v) is 1.55. The summed E-state index contributed by atoms with van der Waals surface area (Å²) < 4.78 is 0. The molecule has 1 aliphatic rings. The lowest BCUT2D eigenvalue weighted by Crippen LogP contribution is -1.85. The molecule has 2 rings (SSSR count). The molecular formula is C9H7N3. The molecule has 0 bridgehead atoms. The van der Waals surface area contributed by atoms with Gasteiger partial charge in [0.2, 0.25) is 0 Å². The zero-order valence-corrected chi connectivity index (χ0v) is 6.38. The summed E-state index contributed by atoms with van der Waals surface area (Å²) >= 11 is 0. The molecule has 0 atom stereocenters. The molecule has 0 radical (unpaired) electrons. The highest BCUT2D eigenvalue weighted by Crippen LogP contribution is 2.16. The number of hydrogen-bond acceptors (Lipinski definition) is 3. The Hall–Kier alpha value is -1.77. The van der Waals surface area contributed by atoms with Crippen molar-refractivity contribution in [3.8, 4) is 0 Å². The fourth-order valence-electron chi connectivity index (χ4n) is 0.992. The number of benzene rings is 1. The summed E-state index contributed by atoms with van der Waals surface area (Å²) in [6, 6.07) is 7.79. The van der Waals surface area contributed by atoms with Crippen LogP contribution in [0.1, 0.15) is 5.56 Å². The van der Waals surface area contributed by atoms with E-state index in [4.69, 9.17) is 0 Å². The largest absolute Gasteiger partial charge is 0.255 e. The van der Waals surface area contributed by atoms with Crippen LogP contribution in [-0.4, -0.2) is 18.6 Å². The van der Waals surface area contributed by atoms with Gasteiger partial charge in [-0.05, 0) is 6.07 Å². The van der Waals surface area contributed by atoms with E-state index in [0.717, 1.165) is 11.3 Å². The van der Waals surface area contributed by atoms with Crippen LogP contribution in [0.15, 0.2) is 39.5 Å². The molecule has 1 heterocycles.